The average Bonchev–Trinajstić information content (AvgIpc) is 2.46. The topological polar surface area (TPSA) is 0 Å². The van der Waals surface area contributed by atoms with Gasteiger partial charge in [-0.05, 0) is 24.3 Å². The van der Waals surface area contributed by atoms with Crippen molar-refractivity contribution in [1.82, 2.24) is 0 Å². The van der Waals surface area contributed by atoms with Crippen molar-refractivity contribution in [2.45, 2.75) is 84.0 Å². The summed E-state index contributed by atoms with van der Waals surface area (Å²) in [4.78, 5) is 0. The third kappa shape index (κ3) is 7.40. The van der Waals surface area contributed by atoms with E-state index in [9.17, 15) is 0 Å². The number of rotatable bonds is 11. The molecular weight excluding hydrogens is 228 g/mol. The summed E-state index contributed by atoms with van der Waals surface area (Å²) in [7, 11) is 0. The van der Waals surface area contributed by atoms with Gasteiger partial charge in [-0.1, -0.05) is 95.5 Å². The Labute approximate surface area is 120 Å². The van der Waals surface area contributed by atoms with E-state index in [2.05, 4.69) is 44.2 Å². The fourth-order valence-electron chi connectivity index (χ4n) is 2.84. The summed E-state index contributed by atoms with van der Waals surface area (Å²) in [5, 5.41) is 0. The van der Waals surface area contributed by atoms with Crippen molar-refractivity contribution in [3.63, 3.8) is 0 Å². The molecule has 0 bridgehead atoms. The number of unbranched alkanes of at least 4 members (excludes halogenated alkanes) is 6. The van der Waals surface area contributed by atoms with Crippen LogP contribution in [-0.2, 0) is 0 Å². The summed E-state index contributed by atoms with van der Waals surface area (Å²) in [6.07, 6.45) is 13.9. The SMILES string of the molecule is CCCCCCCC(CCCCC)c1ccccc1. The molecule has 19 heavy (non-hydrogen) atoms. The molecule has 1 atom stereocenters. The molecular formula is C19H32. The van der Waals surface area contributed by atoms with E-state index in [1.54, 1.807) is 5.56 Å². The van der Waals surface area contributed by atoms with E-state index in [0.717, 1.165) is 5.92 Å². The van der Waals surface area contributed by atoms with Gasteiger partial charge in [-0.3, -0.25) is 0 Å². The number of hydrogen-bond donors (Lipinski definition) is 0. The maximum atomic E-state index is 2.32. The van der Waals surface area contributed by atoms with Gasteiger partial charge < -0.3 is 0 Å². The first-order valence-corrected chi connectivity index (χ1v) is 8.43. The zero-order chi connectivity index (χ0) is 13.8. The monoisotopic (exact) mass is 260 g/mol. The van der Waals surface area contributed by atoms with E-state index >= 15 is 0 Å². The summed E-state index contributed by atoms with van der Waals surface area (Å²) in [5.41, 5.74) is 1.56. The summed E-state index contributed by atoms with van der Waals surface area (Å²) in [6, 6.07) is 11.2. The second kappa shape index (κ2) is 11.1. The summed E-state index contributed by atoms with van der Waals surface area (Å²) in [5.74, 6) is 0.800. The van der Waals surface area contributed by atoms with Gasteiger partial charge in [-0.2, -0.15) is 0 Å². The zero-order valence-electron chi connectivity index (χ0n) is 13.0. The standard InChI is InChI=1S/C19H32/c1-3-5-7-8-11-15-18(14-10-6-4-2)19-16-12-9-13-17-19/h9,12-13,16-18H,3-8,10-11,14-15H2,1-2H3. The Morgan fingerprint density at radius 1 is 0.684 bits per heavy atom. The highest BCUT2D eigenvalue weighted by Gasteiger charge is 2.10. The third-order valence-electron chi connectivity index (χ3n) is 4.08. The molecule has 1 aromatic carbocycles. The van der Waals surface area contributed by atoms with Crippen molar-refractivity contribution in [2.24, 2.45) is 0 Å². The minimum absolute atomic E-state index is 0.800. The van der Waals surface area contributed by atoms with Crippen molar-refractivity contribution >= 4 is 0 Å². The van der Waals surface area contributed by atoms with Crippen LogP contribution in [0.4, 0.5) is 0 Å². The molecule has 0 aromatic heterocycles. The van der Waals surface area contributed by atoms with Gasteiger partial charge in [-0.25, -0.2) is 0 Å². The van der Waals surface area contributed by atoms with E-state index in [0.29, 0.717) is 0 Å². The first kappa shape index (κ1) is 16.3. The highest BCUT2D eigenvalue weighted by molar-refractivity contribution is 5.19. The van der Waals surface area contributed by atoms with E-state index in [1.165, 1.54) is 64.2 Å². The van der Waals surface area contributed by atoms with Crippen LogP contribution >= 0.6 is 0 Å². The van der Waals surface area contributed by atoms with Gasteiger partial charge in [0.15, 0.2) is 0 Å². The maximum Gasteiger partial charge on any atom is -0.0162 e. The lowest BCUT2D eigenvalue weighted by molar-refractivity contribution is 0.498. The van der Waals surface area contributed by atoms with Gasteiger partial charge in [0.1, 0.15) is 0 Å². The molecule has 0 amide bonds. The first-order chi connectivity index (χ1) is 9.38. The second-order valence-corrected chi connectivity index (χ2v) is 5.81. The predicted molar refractivity (Wildman–Crippen MR) is 86.7 cm³/mol. The van der Waals surface area contributed by atoms with Crippen LogP contribution in [0.25, 0.3) is 0 Å². The fraction of sp³-hybridized carbons (Fsp3) is 0.684. The van der Waals surface area contributed by atoms with E-state index < -0.39 is 0 Å². The van der Waals surface area contributed by atoms with Crippen LogP contribution in [0.1, 0.15) is 89.5 Å². The Hall–Kier alpha value is -0.780. The van der Waals surface area contributed by atoms with E-state index in [1.807, 2.05) is 0 Å². The molecule has 0 saturated heterocycles. The highest BCUT2D eigenvalue weighted by Crippen LogP contribution is 2.28. The maximum absolute atomic E-state index is 2.32. The van der Waals surface area contributed by atoms with Gasteiger partial charge in [0, 0.05) is 0 Å². The lowest BCUT2D eigenvalue weighted by atomic mass is 9.88. The predicted octanol–water partition coefficient (Wildman–Crippen LogP) is 6.71. The summed E-state index contributed by atoms with van der Waals surface area (Å²) in [6.45, 7) is 4.58. The molecule has 0 aliphatic heterocycles. The molecule has 1 aromatic rings. The lowest BCUT2D eigenvalue weighted by Gasteiger charge is -2.17. The van der Waals surface area contributed by atoms with Gasteiger partial charge in [-0.15, -0.1) is 0 Å². The molecule has 0 aliphatic rings. The van der Waals surface area contributed by atoms with Crippen LogP contribution in [-0.4, -0.2) is 0 Å². The molecule has 0 radical (unpaired) electrons. The molecule has 1 rings (SSSR count). The minimum Gasteiger partial charge on any atom is -0.0654 e. The van der Waals surface area contributed by atoms with Crippen molar-refractivity contribution in [3.05, 3.63) is 35.9 Å². The Morgan fingerprint density at radius 2 is 1.21 bits per heavy atom. The van der Waals surface area contributed by atoms with Crippen LogP contribution in [0.15, 0.2) is 30.3 Å². The van der Waals surface area contributed by atoms with Crippen LogP contribution in [0, 0.1) is 0 Å². The summed E-state index contributed by atoms with van der Waals surface area (Å²) < 4.78 is 0. The largest absolute Gasteiger partial charge is 0.0654 e. The molecule has 0 spiro atoms. The van der Waals surface area contributed by atoms with E-state index in [-0.39, 0.29) is 0 Å². The zero-order valence-corrected chi connectivity index (χ0v) is 13.0. The molecule has 0 nitrogen and oxygen atoms in total. The van der Waals surface area contributed by atoms with Crippen LogP contribution in [0.2, 0.25) is 0 Å². The van der Waals surface area contributed by atoms with Crippen molar-refractivity contribution in [2.75, 3.05) is 0 Å². The van der Waals surface area contributed by atoms with Gasteiger partial charge in [0.05, 0.1) is 0 Å². The minimum atomic E-state index is 0.800. The van der Waals surface area contributed by atoms with Crippen LogP contribution in [0.3, 0.4) is 0 Å². The van der Waals surface area contributed by atoms with Gasteiger partial charge in [0.25, 0.3) is 0 Å². The Morgan fingerprint density at radius 3 is 1.84 bits per heavy atom. The fourth-order valence-corrected chi connectivity index (χ4v) is 2.84. The van der Waals surface area contributed by atoms with Crippen molar-refractivity contribution in [1.29, 1.82) is 0 Å². The summed E-state index contributed by atoms with van der Waals surface area (Å²) >= 11 is 0. The molecule has 0 aliphatic carbocycles. The molecule has 0 N–H and O–H groups in total. The quantitative estimate of drug-likeness (QED) is 0.388. The third-order valence-corrected chi connectivity index (χ3v) is 4.08. The first-order valence-electron chi connectivity index (χ1n) is 8.43. The Balaban J connectivity index is 2.36. The Kier molecular flexibility index (Phi) is 9.49. The number of benzene rings is 1. The Bertz CT molecular complexity index is 288. The van der Waals surface area contributed by atoms with E-state index in [4.69, 9.17) is 0 Å². The lowest BCUT2D eigenvalue weighted by Crippen LogP contribution is -1.99. The van der Waals surface area contributed by atoms with Crippen LogP contribution < -0.4 is 0 Å². The molecule has 0 fully saturated rings. The normalized spacial score (nSPS) is 12.5. The number of hydrogen-bond acceptors (Lipinski definition) is 0. The molecule has 108 valence electrons. The molecule has 1 unspecified atom stereocenters. The van der Waals surface area contributed by atoms with Crippen molar-refractivity contribution < 1.29 is 0 Å². The molecule has 0 saturated carbocycles. The van der Waals surface area contributed by atoms with Gasteiger partial charge >= 0.3 is 0 Å². The average molecular weight is 260 g/mol. The van der Waals surface area contributed by atoms with Crippen LogP contribution in [0.5, 0.6) is 0 Å². The smallest absolute Gasteiger partial charge is 0.0162 e. The second-order valence-electron chi connectivity index (χ2n) is 5.81. The van der Waals surface area contributed by atoms with Crippen molar-refractivity contribution in [3.8, 4) is 0 Å². The molecule has 0 heteroatoms. The molecule has 0 heterocycles. The highest BCUT2D eigenvalue weighted by atomic mass is 14.2. The van der Waals surface area contributed by atoms with Gasteiger partial charge in [0.2, 0.25) is 0 Å².